The van der Waals surface area contributed by atoms with Crippen LogP contribution in [0.2, 0.25) is 0 Å². The summed E-state index contributed by atoms with van der Waals surface area (Å²) in [5, 5.41) is 3.47. The zero-order chi connectivity index (χ0) is 25.0. The Hall–Kier alpha value is -0.660. The molecule has 5 fully saturated rings. The van der Waals surface area contributed by atoms with Gasteiger partial charge >= 0.3 is 0 Å². The van der Waals surface area contributed by atoms with Gasteiger partial charge in [0.05, 0.1) is 6.54 Å². The molecule has 37 heavy (non-hydrogen) atoms. The van der Waals surface area contributed by atoms with Crippen LogP contribution in [0.4, 0.5) is 0 Å². The van der Waals surface area contributed by atoms with Gasteiger partial charge in [0.2, 0.25) is 0 Å². The normalized spacial score (nSPS) is 54.0. The highest BCUT2D eigenvalue weighted by Gasteiger charge is 2.54. The molecule has 5 saturated carbocycles. The monoisotopic (exact) mass is 505 g/mol. The second-order valence-corrected chi connectivity index (χ2v) is 16.0. The molecule has 0 aromatic carbocycles. The number of nitrogens with zero attached hydrogens (tertiary/aromatic N) is 1. The highest BCUT2D eigenvalue weighted by Crippen LogP contribution is 2.62. The van der Waals surface area contributed by atoms with Gasteiger partial charge in [0.25, 0.3) is 0 Å². The first kappa shape index (κ1) is 25.3. The zero-order valence-corrected chi connectivity index (χ0v) is 23.9. The van der Waals surface area contributed by atoms with Gasteiger partial charge in [-0.15, -0.1) is 0 Å². The molecular weight excluding hydrogens is 450 g/mol. The van der Waals surface area contributed by atoms with Crippen molar-refractivity contribution in [1.82, 2.24) is 0 Å². The number of fused-ring (bicyclic) bond motifs is 4. The minimum Gasteiger partial charge on any atom is -0.151 e. The van der Waals surface area contributed by atoms with Gasteiger partial charge in [-0.25, -0.2) is 0 Å². The minimum absolute atomic E-state index is 0.339. The molecule has 7 aliphatic rings. The number of nitroso groups, excluding NO2 is 1. The van der Waals surface area contributed by atoms with Gasteiger partial charge < -0.3 is 0 Å². The van der Waals surface area contributed by atoms with E-state index in [9.17, 15) is 4.91 Å². The largest absolute Gasteiger partial charge is 0.151 e. The maximum absolute atomic E-state index is 11.5. The summed E-state index contributed by atoms with van der Waals surface area (Å²) < 4.78 is 0. The third kappa shape index (κ3) is 4.71. The van der Waals surface area contributed by atoms with Crippen molar-refractivity contribution >= 4 is 0 Å². The summed E-state index contributed by atoms with van der Waals surface area (Å²) >= 11 is 0. The molecule has 2 heteroatoms. The summed E-state index contributed by atoms with van der Waals surface area (Å²) in [4.78, 5) is 11.5. The maximum Gasteiger partial charge on any atom is 0.0816 e. The molecule has 206 valence electrons. The lowest BCUT2D eigenvalue weighted by Crippen LogP contribution is -2.40. The summed E-state index contributed by atoms with van der Waals surface area (Å²) in [7, 11) is 0. The third-order valence-electron chi connectivity index (χ3n) is 14.5. The van der Waals surface area contributed by atoms with E-state index in [1.54, 1.807) is 6.42 Å². The highest BCUT2D eigenvalue weighted by atomic mass is 16.3. The Morgan fingerprint density at radius 2 is 1.11 bits per heavy atom. The van der Waals surface area contributed by atoms with E-state index in [0.717, 1.165) is 77.4 Å². The molecule has 0 heterocycles. The van der Waals surface area contributed by atoms with Gasteiger partial charge in [-0.2, -0.15) is 4.91 Å². The van der Waals surface area contributed by atoms with E-state index in [2.05, 4.69) is 24.3 Å². The Morgan fingerprint density at radius 1 is 0.595 bits per heavy atom. The van der Waals surface area contributed by atoms with Crippen LogP contribution in [-0.2, 0) is 0 Å². The van der Waals surface area contributed by atoms with Crippen molar-refractivity contribution in [2.24, 2.45) is 81.6 Å². The van der Waals surface area contributed by atoms with Crippen LogP contribution in [0.5, 0.6) is 0 Å². The summed E-state index contributed by atoms with van der Waals surface area (Å²) in [6, 6.07) is 0. The van der Waals surface area contributed by atoms with E-state index < -0.39 is 0 Å². The Labute approximate surface area is 227 Å². The Kier molecular flexibility index (Phi) is 7.11. The Morgan fingerprint density at radius 3 is 1.78 bits per heavy atom. The molecule has 12 unspecified atom stereocenters. The predicted molar refractivity (Wildman–Crippen MR) is 153 cm³/mol. The molecule has 0 aromatic rings. The SMILES string of the molecule is C[C@]1(CCN=O)CC2CCC3CCC4CCC5CCC6CC5CCC4/C=C\C3CCC2CC2CCC6C21. The molecule has 0 radical (unpaired) electrons. The van der Waals surface area contributed by atoms with Crippen molar-refractivity contribution in [2.75, 3.05) is 6.54 Å². The topological polar surface area (TPSA) is 29.4 Å². The number of hydrogen-bond donors (Lipinski definition) is 0. The Balaban J connectivity index is 1.30. The molecule has 0 spiro atoms. The van der Waals surface area contributed by atoms with Crippen molar-refractivity contribution in [2.45, 2.75) is 122 Å². The molecule has 8 bridgehead atoms. The molecule has 0 N–H and O–H groups in total. The molecule has 0 amide bonds. The smallest absolute Gasteiger partial charge is 0.0816 e. The van der Waals surface area contributed by atoms with Gasteiger partial charge in [0.15, 0.2) is 0 Å². The van der Waals surface area contributed by atoms with Crippen molar-refractivity contribution in [3.63, 3.8) is 0 Å². The van der Waals surface area contributed by atoms with Crippen LogP contribution < -0.4 is 0 Å². The van der Waals surface area contributed by atoms with Crippen LogP contribution in [-0.4, -0.2) is 6.54 Å². The first-order valence-electron chi connectivity index (χ1n) is 17.1. The van der Waals surface area contributed by atoms with Crippen molar-refractivity contribution in [3.05, 3.63) is 17.1 Å². The van der Waals surface area contributed by atoms with Gasteiger partial charge in [-0.05, 0) is 192 Å². The van der Waals surface area contributed by atoms with Crippen LogP contribution in [0.15, 0.2) is 17.3 Å². The molecule has 0 aliphatic heterocycles. The summed E-state index contributed by atoms with van der Waals surface area (Å²) in [5.41, 5.74) is 0.339. The van der Waals surface area contributed by atoms with Gasteiger partial charge in [-0.3, -0.25) is 0 Å². The minimum atomic E-state index is 0.339. The highest BCUT2D eigenvalue weighted by molar-refractivity contribution is 5.06. The Bertz CT molecular complexity index is 850. The zero-order valence-electron chi connectivity index (χ0n) is 23.9. The summed E-state index contributed by atoms with van der Waals surface area (Å²) in [5.74, 6) is 11.2. The van der Waals surface area contributed by atoms with Crippen LogP contribution in [0.25, 0.3) is 0 Å². The average Bonchev–Trinajstić information content (AvgIpc) is 3.26. The van der Waals surface area contributed by atoms with Crippen LogP contribution in [0, 0.1) is 81.3 Å². The molecule has 0 aromatic heterocycles. The molecule has 7 aliphatic carbocycles. The molecule has 7 rings (SSSR count). The van der Waals surface area contributed by atoms with Crippen LogP contribution in [0.1, 0.15) is 122 Å². The van der Waals surface area contributed by atoms with Crippen molar-refractivity contribution < 1.29 is 0 Å². The van der Waals surface area contributed by atoms with E-state index in [1.807, 2.05) is 0 Å². The van der Waals surface area contributed by atoms with E-state index in [-0.39, 0.29) is 0 Å². The first-order valence-corrected chi connectivity index (χ1v) is 17.1. The van der Waals surface area contributed by atoms with Crippen molar-refractivity contribution in [1.29, 1.82) is 0 Å². The van der Waals surface area contributed by atoms with Gasteiger partial charge in [0.1, 0.15) is 0 Å². The van der Waals surface area contributed by atoms with E-state index in [0.29, 0.717) is 12.0 Å². The second kappa shape index (κ2) is 10.4. The number of rotatable bonds is 3. The molecular formula is C35H55NO. The van der Waals surface area contributed by atoms with E-state index in [4.69, 9.17) is 0 Å². The maximum atomic E-state index is 11.5. The van der Waals surface area contributed by atoms with Crippen LogP contribution in [0.3, 0.4) is 0 Å². The standard InChI is InChI=1S/C35H55NO/c1-35(18-19-36-37)22-32-15-11-26-5-2-23-6-7-27-10-14-30-20-28(27)12-8-24(23)3-4-25(26)9-13-29(32)21-31-16-17-33(30)34(31)35/h3-4,23-34H,2,5-22H2,1H3/b4-3-/t23?,24?,25?,26?,27?,28?,29?,30?,31?,32?,33?,34?,35-/m0/s1. The van der Waals surface area contributed by atoms with Crippen LogP contribution >= 0.6 is 0 Å². The van der Waals surface area contributed by atoms with E-state index >= 15 is 0 Å². The molecule has 13 atom stereocenters. The van der Waals surface area contributed by atoms with Gasteiger partial charge in [0, 0.05) is 0 Å². The first-order chi connectivity index (χ1) is 18.1. The lowest BCUT2D eigenvalue weighted by atomic mass is 9.58. The number of allylic oxidation sites excluding steroid dienone is 2. The predicted octanol–water partition coefficient (Wildman–Crippen LogP) is 9.83. The lowest BCUT2D eigenvalue weighted by Gasteiger charge is -2.47. The summed E-state index contributed by atoms with van der Waals surface area (Å²) in [6.07, 6.45) is 32.1. The number of hydrogen-bond acceptors (Lipinski definition) is 2. The summed E-state index contributed by atoms with van der Waals surface area (Å²) in [6.45, 7) is 3.21. The van der Waals surface area contributed by atoms with E-state index in [1.165, 1.54) is 103 Å². The average molecular weight is 506 g/mol. The second-order valence-electron chi connectivity index (χ2n) is 16.0. The fourth-order valence-electron chi connectivity index (χ4n) is 12.7. The molecule has 0 saturated heterocycles. The fraction of sp³-hybridized carbons (Fsp3) is 0.943. The quantitative estimate of drug-likeness (QED) is 0.277. The third-order valence-corrected chi connectivity index (χ3v) is 14.5. The van der Waals surface area contributed by atoms with Gasteiger partial charge in [-0.1, -0.05) is 24.3 Å². The fourth-order valence-corrected chi connectivity index (χ4v) is 12.7. The molecule has 2 nitrogen and oxygen atoms in total. The van der Waals surface area contributed by atoms with Crippen molar-refractivity contribution in [3.8, 4) is 0 Å². The lowest BCUT2D eigenvalue weighted by molar-refractivity contribution is 0.0225.